The van der Waals surface area contributed by atoms with Gasteiger partial charge in [-0.2, -0.15) is 0 Å². The molecule has 1 heterocycles. The van der Waals surface area contributed by atoms with Gasteiger partial charge in [-0.3, -0.25) is 4.79 Å². The Hall–Kier alpha value is -1.70. The fourth-order valence-corrected chi connectivity index (χ4v) is 2.63. The molecule has 1 aliphatic heterocycles. The molecule has 6 heteroatoms. The highest BCUT2D eigenvalue weighted by Gasteiger charge is 2.26. The highest BCUT2D eigenvalue weighted by molar-refractivity contribution is 14.1. The molecule has 1 amide bonds. The predicted octanol–water partition coefficient (Wildman–Crippen LogP) is 3.50. The third kappa shape index (κ3) is 2.85. The Morgan fingerprint density at radius 3 is 2.76 bits per heavy atom. The molecule has 2 aromatic rings. The number of rotatable bonds is 2. The van der Waals surface area contributed by atoms with E-state index in [9.17, 15) is 13.6 Å². The minimum absolute atomic E-state index is 0.0436. The number of carbonyl (C=O) groups excluding carboxylic acids is 1. The van der Waals surface area contributed by atoms with Crippen molar-refractivity contribution in [3.8, 4) is 5.75 Å². The van der Waals surface area contributed by atoms with E-state index in [1.54, 1.807) is 6.07 Å². The number of halogens is 3. The summed E-state index contributed by atoms with van der Waals surface area (Å²) < 4.78 is 33.1. The van der Waals surface area contributed by atoms with Gasteiger partial charge in [0.15, 0.2) is 6.61 Å². The number of hydrogen-bond donors (Lipinski definition) is 0. The van der Waals surface area contributed by atoms with Crippen molar-refractivity contribution in [2.75, 3.05) is 11.5 Å². The van der Waals surface area contributed by atoms with Crippen molar-refractivity contribution in [3.05, 3.63) is 57.2 Å². The van der Waals surface area contributed by atoms with Crippen molar-refractivity contribution < 1.29 is 18.3 Å². The molecule has 21 heavy (non-hydrogen) atoms. The minimum atomic E-state index is -0.665. The summed E-state index contributed by atoms with van der Waals surface area (Å²) in [6, 6.07) is 8.76. The van der Waals surface area contributed by atoms with Gasteiger partial charge < -0.3 is 9.64 Å². The number of amides is 1. The first-order valence-electron chi connectivity index (χ1n) is 6.21. The Labute approximate surface area is 133 Å². The highest BCUT2D eigenvalue weighted by atomic mass is 127. The van der Waals surface area contributed by atoms with Gasteiger partial charge in [-0.25, -0.2) is 8.78 Å². The molecular weight excluding hydrogens is 391 g/mol. The molecular formula is C15H10F2INO2. The van der Waals surface area contributed by atoms with Crippen LogP contribution in [0.5, 0.6) is 5.75 Å². The van der Waals surface area contributed by atoms with Crippen LogP contribution in [-0.2, 0) is 11.3 Å². The Kier molecular flexibility index (Phi) is 3.79. The van der Waals surface area contributed by atoms with Crippen LogP contribution < -0.4 is 9.64 Å². The Balaban J connectivity index is 1.96. The van der Waals surface area contributed by atoms with E-state index in [0.29, 0.717) is 11.4 Å². The molecule has 0 bridgehead atoms. The van der Waals surface area contributed by atoms with Crippen LogP contribution in [0.25, 0.3) is 0 Å². The van der Waals surface area contributed by atoms with Crippen molar-refractivity contribution >= 4 is 34.2 Å². The molecule has 0 unspecified atom stereocenters. The Morgan fingerprint density at radius 1 is 1.19 bits per heavy atom. The topological polar surface area (TPSA) is 29.5 Å². The molecule has 0 spiro atoms. The fraction of sp³-hybridized carbons (Fsp3) is 0.133. The van der Waals surface area contributed by atoms with Gasteiger partial charge in [0.05, 0.1) is 12.2 Å². The van der Waals surface area contributed by atoms with Crippen LogP contribution in [0.2, 0.25) is 0 Å². The van der Waals surface area contributed by atoms with Crippen molar-refractivity contribution in [2.24, 2.45) is 0 Å². The number of carbonyl (C=O) groups is 1. The standard InChI is InChI=1S/C15H10F2INO2/c16-10-2-1-9(12(17)5-10)7-19-13-4-3-11(18)6-14(13)21-8-15(19)20/h1-6H,7-8H2. The van der Waals surface area contributed by atoms with Crippen molar-refractivity contribution in [1.82, 2.24) is 0 Å². The first-order valence-corrected chi connectivity index (χ1v) is 7.29. The van der Waals surface area contributed by atoms with E-state index >= 15 is 0 Å². The lowest BCUT2D eigenvalue weighted by molar-refractivity contribution is -0.121. The molecule has 0 atom stereocenters. The van der Waals surface area contributed by atoms with E-state index < -0.39 is 11.6 Å². The Morgan fingerprint density at radius 2 is 2.00 bits per heavy atom. The molecule has 3 rings (SSSR count). The molecule has 0 N–H and O–H groups in total. The number of fused-ring (bicyclic) bond motifs is 1. The smallest absolute Gasteiger partial charge is 0.265 e. The lowest BCUT2D eigenvalue weighted by atomic mass is 10.1. The summed E-state index contributed by atoms with van der Waals surface area (Å²) in [7, 11) is 0. The third-order valence-electron chi connectivity index (χ3n) is 3.21. The van der Waals surface area contributed by atoms with Gasteiger partial charge in [-0.1, -0.05) is 6.07 Å². The number of nitrogens with zero attached hydrogens (tertiary/aromatic N) is 1. The maximum absolute atomic E-state index is 13.8. The van der Waals surface area contributed by atoms with E-state index in [-0.39, 0.29) is 24.6 Å². The van der Waals surface area contributed by atoms with Crippen LogP contribution in [0, 0.1) is 15.2 Å². The largest absolute Gasteiger partial charge is 0.482 e. The number of anilines is 1. The van der Waals surface area contributed by atoms with E-state index in [0.717, 1.165) is 9.64 Å². The molecule has 0 radical (unpaired) electrons. The molecule has 0 saturated heterocycles. The molecule has 0 aromatic heterocycles. The highest BCUT2D eigenvalue weighted by Crippen LogP contribution is 2.34. The normalized spacial score (nSPS) is 13.9. The lowest BCUT2D eigenvalue weighted by Crippen LogP contribution is -2.38. The molecule has 0 fully saturated rings. The maximum Gasteiger partial charge on any atom is 0.265 e. The van der Waals surface area contributed by atoms with Crippen molar-refractivity contribution in [1.29, 1.82) is 0 Å². The number of ether oxygens (including phenoxy) is 1. The summed E-state index contributed by atoms with van der Waals surface area (Å²) >= 11 is 2.15. The first-order chi connectivity index (χ1) is 10.0. The van der Waals surface area contributed by atoms with Crippen LogP contribution in [0.15, 0.2) is 36.4 Å². The summed E-state index contributed by atoms with van der Waals surface area (Å²) in [6.45, 7) is -0.0438. The van der Waals surface area contributed by atoms with E-state index in [2.05, 4.69) is 22.6 Å². The zero-order chi connectivity index (χ0) is 15.0. The second kappa shape index (κ2) is 5.59. The molecule has 0 saturated carbocycles. The van der Waals surface area contributed by atoms with Gasteiger partial charge in [0, 0.05) is 15.2 Å². The average molecular weight is 401 g/mol. The van der Waals surface area contributed by atoms with Gasteiger partial charge in [0.25, 0.3) is 5.91 Å². The van der Waals surface area contributed by atoms with Gasteiger partial charge in [0.2, 0.25) is 0 Å². The second-order valence-electron chi connectivity index (χ2n) is 4.62. The Bertz CT molecular complexity index is 721. The maximum atomic E-state index is 13.8. The summed E-state index contributed by atoms with van der Waals surface area (Å²) in [5, 5.41) is 0. The summed E-state index contributed by atoms with van der Waals surface area (Å²) in [5.41, 5.74) is 0.853. The lowest BCUT2D eigenvalue weighted by Gasteiger charge is -2.29. The van der Waals surface area contributed by atoms with E-state index in [4.69, 9.17) is 4.74 Å². The van der Waals surface area contributed by atoms with E-state index in [1.165, 1.54) is 17.0 Å². The number of benzene rings is 2. The predicted molar refractivity (Wildman–Crippen MR) is 82.2 cm³/mol. The van der Waals surface area contributed by atoms with Crippen LogP contribution >= 0.6 is 22.6 Å². The third-order valence-corrected chi connectivity index (χ3v) is 3.88. The molecule has 3 nitrogen and oxygen atoms in total. The van der Waals surface area contributed by atoms with E-state index in [1.807, 2.05) is 12.1 Å². The quantitative estimate of drug-likeness (QED) is 0.722. The van der Waals surface area contributed by atoms with Crippen LogP contribution in [-0.4, -0.2) is 12.5 Å². The summed E-state index contributed by atoms with van der Waals surface area (Å²) in [5.74, 6) is -0.975. The summed E-state index contributed by atoms with van der Waals surface area (Å²) in [4.78, 5) is 13.5. The van der Waals surface area contributed by atoms with Crippen molar-refractivity contribution in [2.45, 2.75) is 6.54 Å². The second-order valence-corrected chi connectivity index (χ2v) is 5.86. The zero-order valence-electron chi connectivity index (χ0n) is 10.8. The van der Waals surface area contributed by atoms with Gasteiger partial charge >= 0.3 is 0 Å². The van der Waals surface area contributed by atoms with Crippen molar-refractivity contribution in [3.63, 3.8) is 0 Å². The van der Waals surface area contributed by atoms with Crippen LogP contribution in [0.1, 0.15) is 5.56 Å². The average Bonchev–Trinajstić information content (AvgIpc) is 2.44. The van der Waals surface area contributed by atoms with Gasteiger partial charge in [-0.15, -0.1) is 0 Å². The SMILES string of the molecule is O=C1COc2cc(I)ccc2N1Cc1ccc(F)cc1F. The molecule has 0 aliphatic carbocycles. The molecule has 2 aromatic carbocycles. The monoisotopic (exact) mass is 401 g/mol. The van der Waals surface area contributed by atoms with Crippen LogP contribution in [0.3, 0.4) is 0 Å². The summed E-state index contributed by atoms with van der Waals surface area (Å²) in [6.07, 6.45) is 0. The molecule has 108 valence electrons. The first kappa shape index (κ1) is 14.2. The zero-order valence-corrected chi connectivity index (χ0v) is 12.9. The van der Waals surface area contributed by atoms with Crippen LogP contribution in [0.4, 0.5) is 14.5 Å². The number of hydrogen-bond acceptors (Lipinski definition) is 2. The molecule has 1 aliphatic rings. The van der Waals surface area contributed by atoms with Gasteiger partial charge in [0.1, 0.15) is 17.4 Å². The van der Waals surface area contributed by atoms with Gasteiger partial charge in [-0.05, 0) is 46.9 Å². The minimum Gasteiger partial charge on any atom is -0.482 e. The fourth-order valence-electron chi connectivity index (χ4n) is 2.17.